The molecule has 1 aliphatic rings. The first-order valence-electron chi connectivity index (χ1n) is 7.29. The van der Waals surface area contributed by atoms with Crippen molar-refractivity contribution < 1.29 is 8.42 Å². The molecule has 0 aliphatic carbocycles. The van der Waals surface area contributed by atoms with Crippen LogP contribution < -0.4 is 10.2 Å². The molecule has 1 saturated heterocycles. The lowest BCUT2D eigenvalue weighted by molar-refractivity contribution is 0.423. The van der Waals surface area contributed by atoms with Crippen LogP contribution in [0.25, 0.3) is 0 Å². The van der Waals surface area contributed by atoms with Gasteiger partial charge in [-0.25, -0.2) is 8.42 Å². The van der Waals surface area contributed by atoms with Gasteiger partial charge in [0, 0.05) is 31.1 Å². The average molecular weight is 296 g/mol. The summed E-state index contributed by atoms with van der Waals surface area (Å²) in [6.07, 6.45) is 4.79. The van der Waals surface area contributed by atoms with E-state index < -0.39 is 9.84 Å². The van der Waals surface area contributed by atoms with Crippen LogP contribution in [0.5, 0.6) is 0 Å². The fourth-order valence-electron chi connectivity index (χ4n) is 2.63. The van der Waals surface area contributed by atoms with Gasteiger partial charge < -0.3 is 10.2 Å². The molecule has 5 heteroatoms. The van der Waals surface area contributed by atoms with Gasteiger partial charge in [0.1, 0.15) is 0 Å². The van der Waals surface area contributed by atoms with Crippen LogP contribution in [0.15, 0.2) is 29.2 Å². The lowest BCUT2D eigenvalue weighted by Gasteiger charge is -2.35. The van der Waals surface area contributed by atoms with Gasteiger partial charge in [-0.1, -0.05) is 6.92 Å². The van der Waals surface area contributed by atoms with E-state index in [9.17, 15) is 8.42 Å². The lowest BCUT2D eigenvalue weighted by atomic mass is 10.0. The van der Waals surface area contributed by atoms with Crippen LogP contribution in [-0.2, 0) is 9.84 Å². The Morgan fingerprint density at radius 3 is 2.60 bits per heavy atom. The molecule has 0 spiro atoms. The zero-order valence-corrected chi connectivity index (χ0v) is 13.1. The number of sulfone groups is 1. The minimum Gasteiger partial charge on any atom is -0.370 e. The van der Waals surface area contributed by atoms with Crippen LogP contribution in [0.4, 0.5) is 5.69 Å². The van der Waals surface area contributed by atoms with Gasteiger partial charge in [-0.3, -0.25) is 0 Å². The van der Waals surface area contributed by atoms with Gasteiger partial charge in [0.05, 0.1) is 4.90 Å². The molecule has 0 saturated carbocycles. The highest BCUT2D eigenvalue weighted by molar-refractivity contribution is 7.90. The molecular formula is C15H24N2O2S. The molecule has 1 unspecified atom stereocenters. The summed E-state index contributed by atoms with van der Waals surface area (Å²) in [6.45, 7) is 5.28. The molecule has 0 radical (unpaired) electrons. The van der Waals surface area contributed by atoms with E-state index >= 15 is 0 Å². The average Bonchev–Trinajstić information content (AvgIpc) is 2.45. The van der Waals surface area contributed by atoms with Crippen LogP contribution in [-0.4, -0.2) is 40.3 Å². The number of hydrogen-bond donors (Lipinski definition) is 1. The minimum atomic E-state index is -3.10. The van der Waals surface area contributed by atoms with Crippen LogP contribution >= 0.6 is 0 Å². The summed E-state index contributed by atoms with van der Waals surface area (Å²) in [5.41, 5.74) is 1.11. The van der Waals surface area contributed by atoms with E-state index in [2.05, 4.69) is 17.1 Å². The number of piperidine rings is 1. The number of rotatable bonds is 5. The highest BCUT2D eigenvalue weighted by Crippen LogP contribution is 2.22. The molecule has 1 fully saturated rings. The highest BCUT2D eigenvalue weighted by Gasteiger charge is 2.19. The maximum absolute atomic E-state index is 11.5. The number of anilines is 1. The molecule has 1 aromatic rings. The molecule has 0 aromatic heterocycles. The van der Waals surface area contributed by atoms with Crippen LogP contribution in [0.1, 0.15) is 26.2 Å². The van der Waals surface area contributed by atoms with Gasteiger partial charge in [-0.2, -0.15) is 0 Å². The Balaban J connectivity index is 2.04. The second-order valence-electron chi connectivity index (χ2n) is 5.51. The van der Waals surface area contributed by atoms with Crippen molar-refractivity contribution in [2.75, 3.05) is 30.8 Å². The largest absolute Gasteiger partial charge is 0.370 e. The van der Waals surface area contributed by atoms with E-state index in [4.69, 9.17) is 0 Å². The van der Waals surface area contributed by atoms with E-state index in [1.165, 1.54) is 19.1 Å². The van der Waals surface area contributed by atoms with E-state index in [-0.39, 0.29) is 0 Å². The Morgan fingerprint density at radius 2 is 2.00 bits per heavy atom. The molecule has 0 amide bonds. The molecule has 0 bridgehead atoms. The zero-order valence-electron chi connectivity index (χ0n) is 12.3. The van der Waals surface area contributed by atoms with Crippen molar-refractivity contribution >= 4 is 15.5 Å². The second-order valence-corrected chi connectivity index (χ2v) is 7.52. The van der Waals surface area contributed by atoms with E-state index in [0.29, 0.717) is 10.9 Å². The van der Waals surface area contributed by atoms with Crippen molar-refractivity contribution in [2.24, 2.45) is 0 Å². The standard InChI is InChI=1S/C15H24N2O2S/c1-3-10-16-13-5-4-11-17(12-13)14-6-8-15(9-7-14)20(2,18)19/h6-9,13,16H,3-5,10-12H2,1-2H3. The molecule has 1 heterocycles. The first kappa shape index (κ1) is 15.3. The van der Waals surface area contributed by atoms with Crippen LogP contribution in [0.3, 0.4) is 0 Å². The summed E-state index contributed by atoms with van der Waals surface area (Å²) < 4.78 is 22.9. The van der Waals surface area contributed by atoms with E-state index in [1.807, 2.05) is 12.1 Å². The predicted octanol–water partition coefficient (Wildman–Crippen LogP) is 2.06. The van der Waals surface area contributed by atoms with Gasteiger partial charge in [-0.15, -0.1) is 0 Å². The van der Waals surface area contributed by atoms with E-state index in [1.54, 1.807) is 12.1 Å². The Bertz CT molecular complexity index is 525. The summed E-state index contributed by atoms with van der Waals surface area (Å²) in [5, 5.41) is 3.57. The van der Waals surface area contributed by atoms with Gasteiger partial charge in [0.15, 0.2) is 9.84 Å². The number of benzene rings is 1. The first-order valence-corrected chi connectivity index (χ1v) is 9.18. The van der Waals surface area contributed by atoms with Crippen molar-refractivity contribution in [3.63, 3.8) is 0 Å². The number of hydrogen-bond acceptors (Lipinski definition) is 4. The normalized spacial score (nSPS) is 20.1. The van der Waals surface area contributed by atoms with Gasteiger partial charge in [0.2, 0.25) is 0 Å². The maximum Gasteiger partial charge on any atom is 0.175 e. The monoisotopic (exact) mass is 296 g/mol. The van der Waals surface area contributed by atoms with Crippen LogP contribution in [0.2, 0.25) is 0 Å². The van der Waals surface area contributed by atoms with Crippen LogP contribution in [0, 0.1) is 0 Å². The third kappa shape index (κ3) is 3.96. The summed E-state index contributed by atoms with van der Waals surface area (Å²) in [4.78, 5) is 2.72. The smallest absolute Gasteiger partial charge is 0.175 e. The lowest BCUT2D eigenvalue weighted by Crippen LogP contribution is -2.46. The molecule has 112 valence electrons. The first-order chi connectivity index (χ1) is 9.50. The number of nitrogens with zero attached hydrogens (tertiary/aromatic N) is 1. The van der Waals surface area contributed by atoms with Crippen molar-refractivity contribution in [1.82, 2.24) is 5.32 Å². The summed E-state index contributed by atoms with van der Waals surface area (Å²) in [6, 6.07) is 7.77. The summed E-state index contributed by atoms with van der Waals surface area (Å²) >= 11 is 0. The molecule has 1 N–H and O–H groups in total. The highest BCUT2D eigenvalue weighted by atomic mass is 32.2. The summed E-state index contributed by atoms with van der Waals surface area (Å²) in [7, 11) is -3.10. The third-order valence-corrected chi connectivity index (χ3v) is 4.86. The van der Waals surface area contributed by atoms with Crippen molar-refractivity contribution in [3.05, 3.63) is 24.3 Å². The second kappa shape index (κ2) is 6.59. The Kier molecular flexibility index (Phi) is 5.05. The molecule has 1 aliphatic heterocycles. The van der Waals surface area contributed by atoms with Crippen molar-refractivity contribution in [3.8, 4) is 0 Å². The predicted molar refractivity (Wildman–Crippen MR) is 83.1 cm³/mol. The van der Waals surface area contributed by atoms with Gasteiger partial charge in [0.25, 0.3) is 0 Å². The zero-order chi connectivity index (χ0) is 14.6. The molecule has 4 nitrogen and oxygen atoms in total. The molecular weight excluding hydrogens is 272 g/mol. The Hall–Kier alpha value is -1.07. The third-order valence-electron chi connectivity index (χ3n) is 3.73. The summed E-state index contributed by atoms with van der Waals surface area (Å²) in [5.74, 6) is 0. The molecule has 1 aromatic carbocycles. The number of nitrogens with one attached hydrogen (secondary N) is 1. The molecule has 1 atom stereocenters. The van der Waals surface area contributed by atoms with Crippen molar-refractivity contribution in [2.45, 2.75) is 37.1 Å². The fourth-order valence-corrected chi connectivity index (χ4v) is 3.26. The fraction of sp³-hybridized carbons (Fsp3) is 0.600. The molecule has 2 rings (SSSR count). The van der Waals surface area contributed by atoms with Crippen molar-refractivity contribution in [1.29, 1.82) is 0 Å². The Labute approximate surface area is 122 Å². The SMILES string of the molecule is CCCNC1CCCN(c2ccc(S(C)(=O)=O)cc2)C1. The Morgan fingerprint density at radius 1 is 1.30 bits per heavy atom. The minimum absolute atomic E-state index is 0.388. The quantitative estimate of drug-likeness (QED) is 0.903. The van der Waals surface area contributed by atoms with Gasteiger partial charge >= 0.3 is 0 Å². The topological polar surface area (TPSA) is 49.4 Å². The maximum atomic E-state index is 11.5. The van der Waals surface area contributed by atoms with Gasteiger partial charge in [-0.05, 0) is 50.1 Å². The molecule has 20 heavy (non-hydrogen) atoms. The van der Waals surface area contributed by atoms with E-state index in [0.717, 1.165) is 31.7 Å².